The zero-order chi connectivity index (χ0) is 9.97. The van der Waals surface area contributed by atoms with E-state index in [1.165, 1.54) is 16.4 Å². The molecule has 0 bridgehead atoms. The highest BCUT2D eigenvalue weighted by Gasteiger charge is 2.15. The number of nitrogens with one attached hydrogen (secondary N) is 1. The van der Waals surface area contributed by atoms with Crippen LogP contribution in [0.1, 0.15) is 11.8 Å². The number of thiophene rings is 1. The van der Waals surface area contributed by atoms with Crippen LogP contribution in [0.5, 0.6) is 0 Å². The Labute approximate surface area is 89.9 Å². The number of hydrogen-bond acceptors (Lipinski definition) is 3. The lowest BCUT2D eigenvalue weighted by Crippen LogP contribution is -2.28. The Morgan fingerprint density at radius 2 is 2.36 bits per heavy atom. The van der Waals surface area contributed by atoms with Gasteiger partial charge in [-0.1, -0.05) is 6.92 Å². The average Bonchev–Trinajstić information content (AvgIpc) is 2.45. The second-order valence-electron chi connectivity index (χ2n) is 4.14. The highest BCUT2D eigenvalue weighted by atomic mass is 32.1. The minimum Gasteiger partial charge on any atom is -0.362 e. The number of hydrogen-bond donors (Lipinski definition) is 1. The van der Waals surface area contributed by atoms with Gasteiger partial charge in [0.1, 0.15) is 0 Å². The van der Waals surface area contributed by atoms with Crippen LogP contribution < -0.4 is 10.2 Å². The average molecular weight is 210 g/mol. The van der Waals surface area contributed by atoms with Gasteiger partial charge in [0.05, 0.1) is 5.00 Å². The van der Waals surface area contributed by atoms with Crippen LogP contribution in [-0.4, -0.2) is 26.2 Å². The van der Waals surface area contributed by atoms with E-state index in [0.29, 0.717) is 0 Å². The normalized spacial score (nSPS) is 23.6. The van der Waals surface area contributed by atoms with Crippen LogP contribution in [-0.2, 0) is 0 Å². The van der Waals surface area contributed by atoms with Crippen LogP contribution >= 0.6 is 11.3 Å². The van der Waals surface area contributed by atoms with Gasteiger partial charge in [0.2, 0.25) is 0 Å². The molecule has 14 heavy (non-hydrogen) atoms. The molecule has 0 spiro atoms. The van der Waals surface area contributed by atoms with Crippen LogP contribution in [0.15, 0.2) is 12.1 Å². The van der Waals surface area contributed by atoms with Gasteiger partial charge in [0.25, 0.3) is 0 Å². The van der Waals surface area contributed by atoms with Gasteiger partial charge in [-0.15, -0.1) is 11.3 Å². The van der Waals surface area contributed by atoms with E-state index in [0.717, 1.165) is 25.6 Å². The van der Waals surface area contributed by atoms with Gasteiger partial charge in [-0.25, -0.2) is 0 Å². The van der Waals surface area contributed by atoms with Gasteiger partial charge in [-0.2, -0.15) is 0 Å². The molecule has 78 valence electrons. The Hall–Kier alpha value is -0.540. The second-order valence-corrected chi connectivity index (χ2v) is 5.41. The summed E-state index contributed by atoms with van der Waals surface area (Å²) >= 11 is 1.90. The summed E-state index contributed by atoms with van der Waals surface area (Å²) in [6, 6.07) is 4.46. The molecule has 2 heterocycles. The van der Waals surface area contributed by atoms with Crippen molar-refractivity contribution in [3.8, 4) is 0 Å². The van der Waals surface area contributed by atoms with E-state index in [2.05, 4.69) is 36.2 Å². The zero-order valence-corrected chi connectivity index (χ0v) is 9.73. The first-order chi connectivity index (χ1) is 6.75. The fourth-order valence-electron chi connectivity index (χ4n) is 1.89. The molecule has 0 amide bonds. The van der Waals surface area contributed by atoms with E-state index in [-0.39, 0.29) is 0 Å². The largest absolute Gasteiger partial charge is 0.362 e. The van der Waals surface area contributed by atoms with Gasteiger partial charge in [0, 0.05) is 24.5 Å². The van der Waals surface area contributed by atoms with Crippen molar-refractivity contribution in [2.24, 2.45) is 5.92 Å². The van der Waals surface area contributed by atoms with E-state index in [9.17, 15) is 0 Å². The molecule has 3 heteroatoms. The predicted octanol–water partition coefficient (Wildman–Crippen LogP) is 2.10. The number of aryl methyl sites for hydroxylation is 1. The lowest BCUT2D eigenvalue weighted by molar-refractivity contribution is 0.564. The Balaban J connectivity index is 2.08. The summed E-state index contributed by atoms with van der Waals surface area (Å²) in [5, 5.41) is 4.90. The molecular weight excluding hydrogens is 192 g/mol. The summed E-state index contributed by atoms with van der Waals surface area (Å²) in [6.07, 6.45) is 0. The summed E-state index contributed by atoms with van der Waals surface area (Å²) in [5.74, 6) is 0.750. The molecule has 0 saturated carbocycles. The molecule has 1 aliphatic rings. The Morgan fingerprint density at radius 3 is 3.07 bits per heavy atom. The number of anilines is 1. The molecule has 1 atom stereocenters. The minimum atomic E-state index is 0.750. The highest BCUT2D eigenvalue weighted by molar-refractivity contribution is 7.16. The van der Waals surface area contributed by atoms with Gasteiger partial charge in [0.15, 0.2) is 0 Å². The molecule has 2 nitrogen and oxygen atoms in total. The van der Waals surface area contributed by atoms with E-state index >= 15 is 0 Å². The number of rotatable bonds is 1. The van der Waals surface area contributed by atoms with Gasteiger partial charge < -0.3 is 10.2 Å². The molecule has 0 radical (unpaired) electrons. The Kier molecular flexibility index (Phi) is 3.08. The first-order valence-corrected chi connectivity index (χ1v) is 6.09. The van der Waals surface area contributed by atoms with Crippen LogP contribution in [0, 0.1) is 12.8 Å². The fraction of sp³-hybridized carbons (Fsp3) is 0.636. The van der Waals surface area contributed by atoms with Gasteiger partial charge in [-0.3, -0.25) is 0 Å². The molecule has 0 aliphatic carbocycles. The lowest BCUT2D eigenvalue weighted by Gasteiger charge is -2.22. The molecule has 1 aliphatic heterocycles. The van der Waals surface area contributed by atoms with E-state index in [1.54, 1.807) is 0 Å². The van der Waals surface area contributed by atoms with E-state index in [4.69, 9.17) is 0 Å². The van der Waals surface area contributed by atoms with Crippen LogP contribution in [0.2, 0.25) is 0 Å². The van der Waals surface area contributed by atoms with Gasteiger partial charge >= 0.3 is 0 Å². The minimum absolute atomic E-state index is 0.750. The van der Waals surface area contributed by atoms with Crippen molar-refractivity contribution in [2.45, 2.75) is 13.8 Å². The van der Waals surface area contributed by atoms with Crippen LogP contribution in [0.25, 0.3) is 0 Å². The highest BCUT2D eigenvalue weighted by Crippen LogP contribution is 2.26. The maximum Gasteiger partial charge on any atom is 0.0911 e. The molecule has 1 fully saturated rings. The zero-order valence-electron chi connectivity index (χ0n) is 8.92. The van der Waals surface area contributed by atoms with Crippen LogP contribution in [0.3, 0.4) is 0 Å². The van der Waals surface area contributed by atoms with Crippen LogP contribution in [0.4, 0.5) is 5.00 Å². The van der Waals surface area contributed by atoms with Crippen molar-refractivity contribution in [2.75, 3.05) is 31.1 Å². The first kappa shape index (κ1) is 9.99. The van der Waals surface area contributed by atoms with Crippen molar-refractivity contribution in [1.82, 2.24) is 5.32 Å². The molecule has 1 aromatic rings. The molecule has 1 unspecified atom stereocenters. The summed E-state index contributed by atoms with van der Waals surface area (Å²) < 4.78 is 0. The Bertz CT molecular complexity index is 295. The monoisotopic (exact) mass is 210 g/mol. The standard InChI is InChI=1S/C11H18N2S/c1-9-7-12-5-6-13(8-9)11-4-3-10(2)14-11/h3-4,9,12H,5-8H2,1-2H3. The first-order valence-electron chi connectivity index (χ1n) is 5.28. The third-order valence-electron chi connectivity index (χ3n) is 2.62. The predicted molar refractivity (Wildman–Crippen MR) is 63.3 cm³/mol. The van der Waals surface area contributed by atoms with E-state index < -0.39 is 0 Å². The quantitative estimate of drug-likeness (QED) is 0.763. The molecule has 1 N–H and O–H groups in total. The van der Waals surface area contributed by atoms with Crippen molar-refractivity contribution in [3.05, 3.63) is 17.0 Å². The Morgan fingerprint density at radius 1 is 1.50 bits per heavy atom. The molecule has 1 saturated heterocycles. The second kappa shape index (κ2) is 4.32. The molecule has 2 rings (SSSR count). The summed E-state index contributed by atoms with van der Waals surface area (Å²) in [7, 11) is 0. The maximum atomic E-state index is 3.47. The SMILES string of the molecule is Cc1ccc(N2CCNCC(C)C2)s1. The molecule has 0 aromatic carbocycles. The summed E-state index contributed by atoms with van der Waals surface area (Å²) in [6.45, 7) is 9.08. The summed E-state index contributed by atoms with van der Waals surface area (Å²) in [5.41, 5.74) is 0. The topological polar surface area (TPSA) is 15.3 Å². The van der Waals surface area contributed by atoms with Crippen molar-refractivity contribution >= 4 is 16.3 Å². The maximum absolute atomic E-state index is 3.47. The van der Waals surface area contributed by atoms with E-state index in [1.807, 2.05) is 11.3 Å². The lowest BCUT2D eigenvalue weighted by atomic mass is 10.2. The smallest absolute Gasteiger partial charge is 0.0911 e. The van der Waals surface area contributed by atoms with Crippen molar-refractivity contribution < 1.29 is 0 Å². The third kappa shape index (κ3) is 2.28. The third-order valence-corrected chi connectivity index (χ3v) is 3.68. The van der Waals surface area contributed by atoms with Gasteiger partial charge in [-0.05, 0) is 31.5 Å². The summed E-state index contributed by atoms with van der Waals surface area (Å²) in [4.78, 5) is 3.91. The molecular formula is C11H18N2S. The molecule has 1 aromatic heterocycles. The van der Waals surface area contributed by atoms with Crippen molar-refractivity contribution in [1.29, 1.82) is 0 Å². The number of nitrogens with zero attached hydrogens (tertiary/aromatic N) is 1. The fourth-order valence-corrected chi connectivity index (χ4v) is 2.78. The van der Waals surface area contributed by atoms with Crippen molar-refractivity contribution in [3.63, 3.8) is 0 Å².